The fraction of sp³-hybridized carbons (Fsp3) is 0.516. The van der Waals surface area contributed by atoms with Crippen molar-refractivity contribution in [2.24, 2.45) is 0 Å². The highest BCUT2D eigenvalue weighted by Gasteiger charge is 2.32. The van der Waals surface area contributed by atoms with E-state index in [1.54, 1.807) is 32.2 Å². The van der Waals surface area contributed by atoms with Crippen LogP contribution in [0.1, 0.15) is 64.6 Å². The Kier molecular flexibility index (Phi) is 10.3. The number of carbonyl (C=O) groups is 2. The highest BCUT2D eigenvalue weighted by molar-refractivity contribution is 8.93. The molecule has 2 unspecified atom stereocenters. The number of nitrogens with one attached hydrogen (secondary N) is 2. The molecule has 1 amide bonds. The van der Waals surface area contributed by atoms with Crippen molar-refractivity contribution in [1.29, 1.82) is 5.41 Å². The molecule has 0 saturated carbocycles. The van der Waals surface area contributed by atoms with Crippen molar-refractivity contribution in [2.45, 2.75) is 51.4 Å². The molecule has 2 aliphatic heterocycles. The lowest BCUT2D eigenvalue weighted by Gasteiger charge is -2.39. The summed E-state index contributed by atoms with van der Waals surface area (Å²) in [6.45, 7) is 8.47. The number of amides is 1. The van der Waals surface area contributed by atoms with Crippen molar-refractivity contribution in [2.75, 3.05) is 64.8 Å². The molecular formula is C31H44BrN5O4. The molecule has 0 radical (unpaired) electrons. The Morgan fingerprint density at radius 1 is 1.07 bits per heavy atom. The average molecular weight is 631 g/mol. The topological polar surface area (TPSA) is 98.2 Å². The number of hydrogen-bond donors (Lipinski definition) is 2. The molecule has 0 aromatic heterocycles. The maximum Gasteiger partial charge on any atom is 0.253 e. The van der Waals surface area contributed by atoms with Gasteiger partial charge in [0.05, 0.1) is 18.2 Å². The first kappa shape index (κ1) is 32.6. The summed E-state index contributed by atoms with van der Waals surface area (Å²) < 4.78 is 11.3. The second kappa shape index (κ2) is 12.9. The summed E-state index contributed by atoms with van der Waals surface area (Å²) >= 11 is 0. The largest absolute Gasteiger partial charge is 0.379 e. The molecule has 2 heterocycles. The van der Waals surface area contributed by atoms with Gasteiger partial charge >= 0.3 is 0 Å². The van der Waals surface area contributed by atoms with Crippen LogP contribution in [0.5, 0.6) is 0 Å². The molecule has 41 heavy (non-hydrogen) atoms. The first-order valence-corrected chi connectivity index (χ1v) is 13.8. The Hall–Kier alpha value is -2.95. The van der Waals surface area contributed by atoms with Crippen LogP contribution in [0.2, 0.25) is 0 Å². The van der Waals surface area contributed by atoms with Crippen molar-refractivity contribution < 1.29 is 19.1 Å². The molecule has 2 N–H and O–H groups in total. The minimum absolute atomic E-state index is 0. The maximum absolute atomic E-state index is 13.8. The summed E-state index contributed by atoms with van der Waals surface area (Å²) in [5, 5.41) is 11.5. The number of nitrogens with zero attached hydrogens (tertiary/aromatic N) is 3. The van der Waals surface area contributed by atoms with Crippen molar-refractivity contribution in [1.82, 2.24) is 10.2 Å². The van der Waals surface area contributed by atoms with Gasteiger partial charge in [-0.05, 0) is 53.3 Å². The normalized spacial score (nSPS) is 18.6. The van der Waals surface area contributed by atoms with Gasteiger partial charge in [0.2, 0.25) is 0 Å². The van der Waals surface area contributed by atoms with Crippen LogP contribution >= 0.6 is 17.0 Å². The number of anilines is 2. The zero-order valence-corrected chi connectivity index (χ0v) is 27.2. The van der Waals surface area contributed by atoms with Crippen LogP contribution in [-0.4, -0.2) is 89.6 Å². The standard InChI is InChI=1S/C31H43N5O4.BrH/c1-31(2,3)21-11-19(12-22(14-21)35-10-9-27(39-7)28(18-35)40-8)26(37)17-36-16-20-13-25(34(5)6)24(30(38)33-4)15-23(20)29(36)32;/h11-15,27-28,32H,9-10,16-18H2,1-8H3,(H,33,38);1H. The number of benzene rings is 2. The van der Waals surface area contributed by atoms with Gasteiger partial charge in [0.1, 0.15) is 11.9 Å². The minimum atomic E-state index is -0.203. The first-order chi connectivity index (χ1) is 18.9. The predicted molar refractivity (Wildman–Crippen MR) is 170 cm³/mol. The number of Topliss-reactive ketones (excluding diaryl/α,β-unsaturated/α-hetero) is 1. The van der Waals surface area contributed by atoms with Gasteiger partial charge in [0, 0.05) is 77.5 Å². The van der Waals surface area contributed by atoms with Gasteiger partial charge in [-0.2, -0.15) is 0 Å². The zero-order chi connectivity index (χ0) is 29.4. The molecule has 1 fully saturated rings. The lowest BCUT2D eigenvalue weighted by Crippen LogP contribution is -2.48. The number of ketones is 1. The van der Waals surface area contributed by atoms with Crippen molar-refractivity contribution in [3.05, 3.63) is 58.1 Å². The number of hydrogen-bond acceptors (Lipinski definition) is 7. The van der Waals surface area contributed by atoms with E-state index in [1.807, 2.05) is 37.2 Å². The number of fused-ring (bicyclic) bond motifs is 1. The fourth-order valence-corrected chi connectivity index (χ4v) is 5.54. The van der Waals surface area contributed by atoms with Gasteiger partial charge < -0.3 is 29.5 Å². The van der Waals surface area contributed by atoms with Gasteiger partial charge in [0.15, 0.2) is 5.78 Å². The number of halogens is 1. The van der Waals surface area contributed by atoms with E-state index in [2.05, 4.69) is 37.1 Å². The molecular weight excluding hydrogens is 586 g/mol. The number of amidine groups is 1. The lowest BCUT2D eigenvalue weighted by atomic mass is 9.85. The molecule has 2 aromatic rings. The molecule has 9 nitrogen and oxygen atoms in total. The highest BCUT2D eigenvalue weighted by Crippen LogP contribution is 2.33. The fourth-order valence-electron chi connectivity index (χ4n) is 5.54. The number of carbonyl (C=O) groups excluding carboxylic acids is 2. The van der Waals surface area contributed by atoms with Gasteiger partial charge in [-0.1, -0.05) is 20.8 Å². The van der Waals surface area contributed by atoms with Gasteiger partial charge in [0.25, 0.3) is 5.91 Å². The van der Waals surface area contributed by atoms with Crippen LogP contribution in [-0.2, 0) is 21.4 Å². The van der Waals surface area contributed by atoms with Crippen LogP contribution < -0.4 is 15.1 Å². The second-order valence-corrected chi connectivity index (χ2v) is 11.9. The Morgan fingerprint density at radius 3 is 2.34 bits per heavy atom. The molecule has 2 aliphatic rings. The molecule has 1 saturated heterocycles. The number of piperidine rings is 1. The SMILES string of the molecule is Br.CNC(=O)c1cc2c(cc1N(C)C)CN(CC(=O)c1cc(N3CCC(OC)C(OC)C3)cc(C(C)(C)C)c1)C2=N. The van der Waals surface area contributed by atoms with Crippen LogP contribution in [0.3, 0.4) is 0 Å². The van der Waals surface area contributed by atoms with Gasteiger partial charge in [-0.15, -0.1) is 17.0 Å². The van der Waals surface area contributed by atoms with Crippen LogP contribution in [0.25, 0.3) is 0 Å². The number of ether oxygens (including phenoxy) is 2. The second-order valence-electron chi connectivity index (χ2n) is 11.9. The maximum atomic E-state index is 13.8. The Bertz CT molecular complexity index is 1310. The monoisotopic (exact) mass is 629 g/mol. The van der Waals surface area contributed by atoms with Crippen molar-refractivity contribution in [3.8, 4) is 0 Å². The van der Waals surface area contributed by atoms with E-state index >= 15 is 0 Å². The van der Waals surface area contributed by atoms with Crippen LogP contribution in [0, 0.1) is 5.41 Å². The summed E-state index contributed by atoms with van der Waals surface area (Å²) in [6.07, 6.45) is 0.841. The third kappa shape index (κ3) is 6.76. The van der Waals surface area contributed by atoms with Crippen molar-refractivity contribution >= 4 is 45.9 Å². The number of rotatable bonds is 8. The molecule has 2 aromatic carbocycles. The van der Waals surface area contributed by atoms with Crippen LogP contribution in [0.4, 0.5) is 11.4 Å². The third-order valence-corrected chi connectivity index (χ3v) is 8.02. The molecule has 2 atom stereocenters. The summed E-state index contributed by atoms with van der Waals surface area (Å²) in [4.78, 5) is 32.2. The third-order valence-electron chi connectivity index (χ3n) is 8.02. The van der Waals surface area contributed by atoms with E-state index in [0.29, 0.717) is 29.8 Å². The van der Waals surface area contributed by atoms with Crippen molar-refractivity contribution in [3.63, 3.8) is 0 Å². The summed E-state index contributed by atoms with van der Waals surface area (Å²) in [5.74, 6) is 0.0144. The zero-order valence-electron chi connectivity index (χ0n) is 25.5. The summed E-state index contributed by atoms with van der Waals surface area (Å²) in [5.41, 5.74) is 5.49. The van der Waals surface area contributed by atoms with E-state index in [9.17, 15) is 9.59 Å². The van der Waals surface area contributed by atoms with Gasteiger partial charge in [-0.3, -0.25) is 15.0 Å². The van der Waals surface area contributed by atoms with Gasteiger partial charge in [-0.25, -0.2) is 0 Å². The molecule has 0 bridgehead atoms. The average Bonchev–Trinajstić information content (AvgIpc) is 3.24. The Morgan fingerprint density at radius 2 is 1.76 bits per heavy atom. The Balaban J connectivity index is 0.00000462. The minimum Gasteiger partial charge on any atom is -0.379 e. The van der Waals surface area contributed by atoms with E-state index in [-0.39, 0.29) is 58.7 Å². The predicted octanol–water partition coefficient (Wildman–Crippen LogP) is 4.25. The van der Waals surface area contributed by atoms with E-state index in [0.717, 1.165) is 35.5 Å². The molecule has 0 aliphatic carbocycles. The lowest BCUT2D eigenvalue weighted by molar-refractivity contribution is -0.0441. The summed E-state index contributed by atoms with van der Waals surface area (Å²) in [7, 11) is 8.81. The molecule has 10 heteroatoms. The van der Waals surface area contributed by atoms with Crippen LogP contribution in [0.15, 0.2) is 30.3 Å². The Labute approximate surface area is 254 Å². The summed E-state index contributed by atoms with van der Waals surface area (Å²) in [6, 6.07) is 9.85. The van der Waals surface area contributed by atoms with E-state index < -0.39 is 0 Å². The first-order valence-electron chi connectivity index (χ1n) is 13.8. The van der Waals surface area contributed by atoms with E-state index in [4.69, 9.17) is 14.9 Å². The smallest absolute Gasteiger partial charge is 0.253 e. The van der Waals surface area contributed by atoms with E-state index in [1.165, 1.54) is 0 Å². The molecule has 0 spiro atoms. The highest BCUT2D eigenvalue weighted by atomic mass is 79.9. The molecule has 4 rings (SSSR count). The quantitative estimate of drug-likeness (QED) is 0.421. The molecule has 224 valence electrons. The number of methoxy groups -OCH3 is 2.